The van der Waals surface area contributed by atoms with E-state index < -0.39 is 5.60 Å². The van der Waals surface area contributed by atoms with E-state index in [9.17, 15) is 0 Å². The first kappa shape index (κ1) is 48.7. The van der Waals surface area contributed by atoms with Gasteiger partial charge in [0, 0.05) is 34.7 Å². The van der Waals surface area contributed by atoms with Crippen LogP contribution in [0.1, 0.15) is 129 Å². The molecule has 0 saturated carbocycles. The summed E-state index contributed by atoms with van der Waals surface area (Å²) in [6.45, 7) is 31.2. The van der Waals surface area contributed by atoms with E-state index in [2.05, 4.69) is 235 Å². The summed E-state index contributed by atoms with van der Waals surface area (Å²) >= 11 is 0. The number of pyridine rings is 1. The molecule has 68 heavy (non-hydrogen) atoms. The molecule has 3 heterocycles. The van der Waals surface area contributed by atoms with Gasteiger partial charge < -0.3 is 14.4 Å². The van der Waals surface area contributed by atoms with E-state index in [1.807, 2.05) is 6.20 Å². The van der Waals surface area contributed by atoms with Gasteiger partial charge in [-0.2, -0.15) is 6.07 Å². The van der Waals surface area contributed by atoms with Crippen molar-refractivity contribution in [3.05, 3.63) is 201 Å². The van der Waals surface area contributed by atoms with E-state index in [0.29, 0.717) is 17.4 Å². The number of hydrogen-bond donors (Lipinski definition) is 0. The Morgan fingerprint density at radius 1 is 0.676 bits per heavy atom. The van der Waals surface area contributed by atoms with Crippen molar-refractivity contribution in [2.45, 2.75) is 125 Å². The summed E-state index contributed by atoms with van der Waals surface area (Å²) in [7, 11) is 0. The van der Waals surface area contributed by atoms with E-state index >= 15 is 0 Å². The zero-order valence-corrected chi connectivity index (χ0v) is 44.5. The summed E-state index contributed by atoms with van der Waals surface area (Å²) in [5.41, 5.74) is 15.4. The molecule has 6 aromatic carbocycles. The number of hydrogen-bond acceptors (Lipinski definition) is 5. The molecule has 0 bridgehead atoms. The molecular weight excluding hydrogens is 1010 g/mol. The van der Waals surface area contributed by atoms with Crippen LogP contribution < -0.4 is 9.64 Å². The van der Waals surface area contributed by atoms with Crippen molar-refractivity contribution in [3.63, 3.8) is 0 Å². The van der Waals surface area contributed by atoms with Crippen LogP contribution >= 0.6 is 0 Å². The topological polar surface area (TPSA) is 47.0 Å². The predicted molar refractivity (Wildman–Crippen MR) is 277 cm³/mol. The second kappa shape index (κ2) is 18.0. The van der Waals surface area contributed by atoms with Crippen LogP contribution in [0.2, 0.25) is 0 Å². The third kappa shape index (κ3) is 8.77. The SMILES string of the molecule is Cc1cc(C)c(-c2cc(Oc3[c-]c4c(cc3C)C(C)(C)c3cc(C)ccc3N4c3cc(C(C)(C)C)ccn3)[c-]c(C3=N[C@H](C(c4ccccc4)c4ccccc4)[C@@](C)(C(C)(C)C)O3)c2)c(C)c1.[Pt+2]. The number of ether oxygens (including phenoxy) is 2. The molecule has 0 amide bonds. The number of aryl methyl sites for hydroxylation is 5. The van der Waals surface area contributed by atoms with Crippen LogP contribution in [0.25, 0.3) is 11.1 Å². The number of anilines is 3. The number of fused-ring (bicyclic) bond motifs is 2. The molecule has 9 rings (SSSR count). The molecule has 5 nitrogen and oxygen atoms in total. The number of nitrogens with zero attached hydrogens (tertiary/aromatic N) is 3. The van der Waals surface area contributed by atoms with E-state index in [0.717, 1.165) is 45.0 Å². The Labute approximate surface area is 420 Å². The minimum absolute atomic E-state index is 0. The van der Waals surface area contributed by atoms with Gasteiger partial charge in [-0.05, 0) is 103 Å². The summed E-state index contributed by atoms with van der Waals surface area (Å²) in [6.07, 6.45) is 1.93. The molecule has 0 unspecified atom stereocenters. The molecule has 6 heteroatoms. The standard InChI is InChI=1S/C62H65N3O2.Pt/c1-38-25-26-51-49(31-38)61(12,13)50-32-40(3)53(37-52(50)65(51)54-36-47(27-28-63-54)59(6,7)8)66-48-34-45(55-41(4)29-39(2)30-42(55)5)33-46(35-48)58-64-57(62(14,67-58)60(9,10)11)56(43-21-17-15-18-22-43)44-23-19-16-20-24-44;/h15-34,36,56-57H,1-14H3;/q-2;+2/t57-,62+;/m1./s1. The average Bonchev–Trinajstić information content (AvgIpc) is 3.63. The Hall–Kier alpha value is -5.77. The molecule has 0 saturated heterocycles. The number of benzene rings is 6. The fourth-order valence-electron chi connectivity index (χ4n) is 10.4. The number of aromatic nitrogens is 1. The third-order valence-electron chi connectivity index (χ3n) is 14.5. The van der Waals surface area contributed by atoms with E-state index in [-0.39, 0.29) is 49.3 Å². The van der Waals surface area contributed by atoms with Crippen molar-refractivity contribution in [1.29, 1.82) is 0 Å². The van der Waals surface area contributed by atoms with Gasteiger partial charge in [0.2, 0.25) is 0 Å². The summed E-state index contributed by atoms with van der Waals surface area (Å²) in [5.74, 6) is 2.53. The molecule has 7 aromatic rings. The molecule has 0 spiro atoms. The van der Waals surface area contributed by atoms with Crippen molar-refractivity contribution in [3.8, 4) is 22.6 Å². The molecule has 0 N–H and O–H groups in total. The summed E-state index contributed by atoms with van der Waals surface area (Å²) in [4.78, 5) is 12.9. The van der Waals surface area contributed by atoms with Crippen LogP contribution in [-0.4, -0.2) is 22.5 Å². The van der Waals surface area contributed by atoms with Gasteiger partial charge in [0.05, 0.1) is 6.04 Å². The van der Waals surface area contributed by atoms with Crippen LogP contribution in [0.5, 0.6) is 11.5 Å². The zero-order valence-electron chi connectivity index (χ0n) is 42.3. The van der Waals surface area contributed by atoms with E-state index in [1.54, 1.807) is 0 Å². The minimum Gasteiger partial charge on any atom is -0.511 e. The van der Waals surface area contributed by atoms with Crippen LogP contribution in [-0.2, 0) is 36.6 Å². The smallest absolute Gasteiger partial charge is 0.511 e. The first-order valence-corrected chi connectivity index (χ1v) is 23.8. The van der Waals surface area contributed by atoms with Crippen molar-refractivity contribution in [2.24, 2.45) is 10.4 Å². The average molecular weight is 1080 g/mol. The Morgan fingerprint density at radius 2 is 1.31 bits per heavy atom. The van der Waals surface area contributed by atoms with Gasteiger partial charge in [0.1, 0.15) is 17.3 Å². The third-order valence-corrected chi connectivity index (χ3v) is 14.5. The van der Waals surface area contributed by atoms with Crippen LogP contribution in [0.15, 0.2) is 133 Å². The molecule has 0 aliphatic carbocycles. The second-order valence-electron chi connectivity index (χ2n) is 21.8. The fourth-order valence-corrected chi connectivity index (χ4v) is 10.4. The van der Waals surface area contributed by atoms with Gasteiger partial charge in [-0.25, -0.2) is 4.98 Å². The second-order valence-corrected chi connectivity index (χ2v) is 21.8. The molecular formula is C62H65N3O2Pt. The van der Waals surface area contributed by atoms with Crippen molar-refractivity contribution < 1.29 is 30.5 Å². The van der Waals surface area contributed by atoms with Gasteiger partial charge in [-0.3, -0.25) is 4.99 Å². The molecule has 2 aliphatic rings. The van der Waals surface area contributed by atoms with E-state index in [4.69, 9.17) is 19.5 Å². The Balaban J connectivity index is 0.00000625. The maximum Gasteiger partial charge on any atom is 2.00 e. The van der Waals surface area contributed by atoms with Crippen molar-refractivity contribution >= 4 is 23.1 Å². The maximum absolute atomic E-state index is 7.31. The number of aliphatic imine (C=N–C) groups is 1. The molecule has 350 valence electrons. The predicted octanol–water partition coefficient (Wildman–Crippen LogP) is 15.9. The largest absolute Gasteiger partial charge is 2.00 e. The first-order chi connectivity index (χ1) is 31.6. The molecule has 0 fully saturated rings. The molecule has 2 atom stereocenters. The zero-order chi connectivity index (χ0) is 47.8. The maximum atomic E-state index is 7.31. The normalized spacial score (nSPS) is 17.5. The first-order valence-electron chi connectivity index (χ1n) is 23.8. The van der Waals surface area contributed by atoms with Gasteiger partial charge in [0.15, 0.2) is 0 Å². The molecule has 2 aliphatic heterocycles. The fraction of sp³-hybridized carbons (Fsp3) is 0.323. The van der Waals surface area contributed by atoms with Crippen molar-refractivity contribution in [2.75, 3.05) is 4.90 Å². The van der Waals surface area contributed by atoms with Gasteiger partial charge in [0.25, 0.3) is 0 Å². The quantitative estimate of drug-likeness (QED) is 0.142. The Bertz CT molecular complexity index is 2990. The monoisotopic (exact) mass is 1080 g/mol. The van der Waals surface area contributed by atoms with E-state index in [1.165, 1.54) is 44.5 Å². The molecule has 1 aromatic heterocycles. The summed E-state index contributed by atoms with van der Waals surface area (Å²) < 4.78 is 14.5. The Morgan fingerprint density at radius 3 is 1.91 bits per heavy atom. The molecule has 0 radical (unpaired) electrons. The summed E-state index contributed by atoms with van der Waals surface area (Å²) in [5, 5.41) is 0. The minimum atomic E-state index is -0.689. The van der Waals surface area contributed by atoms with Crippen LogP contribution in [0.3, 0.4) is 0 Å². The van der Waals surface area contributed by atoms with Gasteiger partial charge in [-0.1, -0.05) is 187 Å². The Kier molecular flexibility index (Phi) is 12.9. The van der Waals surface area contributed by atoms with Crippen molar-refractivity contribution in [1.82, 2.24) is 4.98 Å². The summed E-state index contributed by atoms with van der Waals surface area (Å²) in [6, 6.07) is 50.9. The van der Waals surface area contributed by atoms with Crippen LogP contribution in [0, 0.1) is 52.2 Å². The van der Waals surface area contributed by atoms with Crippen LogP contribution in [0.4, 0.5) is 17.2 Å². The van der Waals surface area contributed by atoms with Gasteiger partial charge >= 0.3 is 21.1 Å². The van der Waals surface area contributed by atoms with Gasteiger partial charge in [-0.15, -0.1) is 23.3 Å². The number of rotatable bonds is 8.